The van der Waals surface area contributed by atoms with Crippen LogP contribution in [0.15, 0.2) is 18.5 Å². The van der Waals surface area contributed by atoms with E-state index < -0.39 is 5.97 Å². The number of halogens is 1. The van der Waals surface area contributed by atoms with Crippen molar-refractivity contribution in [2.24, 2.45) is 0 Å². The van der Waals surface area contributed by atoms with E-state index in [9.17, 15) is 4.79 Å². The normalized spacial score (nSPS) is 10.7. The molecular formula is C10H9BrN2O2. The minimum atomic E-state index is -0.825. The summed E-state index contributed by atoms with van der Waals surface area (Å²) in [4.78, 5) is 17.8. The fourth-order valence-corrected chi connectivity index (χ4v) is 2.00. The second-order valence-electron chi connectivity index (χ2n) is 3.26. The van der Waals surface area contributed by atoms with Gasteiger partial charge < -0.3 is 10.1 Å². The molecule has 78 valence electrons. The van der Waals surface area contributed by atoms with E-state index in [1.807, 2.05) is 12.1 Å². The molecule has 0 aliphatic heterocycles. The molecule has 5 heteroatoms. The lowest BCUT2D eigenvalue weighted by Gasteiger charge is -2.02. The number of nitrogens with zero attached hydrogens (tertiary/aromatic N) is 1. The molecule has 0 amide bonds. The molecule has 15 heavy (non-hydrogen) atoms. The minimum absolute atomic E-state index is 0.0367. The van der Waals surface area contributed by atoms with Crippen molar-refractivity contribution in [2.45, 2.75) is 11.8 Å². The Hall–Kier alpha value is -1.36. The smallest absolute Gasteiger partial charge is 0.307 e. The van der Waals surface area contributed by atoms with E-state index in [-0.39, 0.29) is 6.42 Å². The number of fused-ring (bicyclic) bond motifs is 1. The molecule has 1 heterocycles. The Morgan fingerprint density at radius 3 is 3.00 bits per heavy atom. The van der Waals surface area contributed by atoms with Gasteiger partial charge in [0.1, 0.15) is 0 Å². The number of aromatic nitrogens is 2. The monoisotopic (exact) mass is 268 g/mol. The molecular weight excluding hydrogens is 260 g/mol. The number of imidazole rings is 1. The Bertz CT molecular complexity index is 507. The number of carboxylic acid groups (broad SMARTS) is 1. The maximum Gasteiger partial charge on any atom is 0.307 e. The molecule has 0 unspecified atom stereocenters. The van der Waals surface area contributed by atoms with Gasteiger partial charge in [0.2, 0.25) is 0 Å². The van der Waals surface area contributed by atoms with Crippen molar-refractivity contribution in [3.63, 3.8) is 0 Å². The fourth-order valence-electron chi connectivity index (χ4n) is 1.57. The van der Waals surface area contributed by atoms with Crippen molar-refractivity contribution >= 4 is 32.9 Å². The molecule has 0 saturated heterocycles. The van der Waals surface area contributed by atoms with Gasteiger partial charge in [0, 0.05) is 5.33 Å². The zero-order valence-corrected chi connectivity index (χ0v) is 9.41. The number of aliphatic carboxylic acids is 1. The standard InChI is InChI=1S/C10H9BrN2O2/c11-4-7-1-6(3-9(14)15)2-8-10(7)13-5-12-8/h1-2,5H,3-4H2,(H,12,13)(H,14,15). The summed E-state index contributed by atoms with van der Waals surface area (Å²) in [6.07, 6.45) is 1.65. The van der Waals surface area contributed by atoms with Gasteiger partial charge in [-0.1, -0.05) is 22.0 Å². The first-order chi connectivity index (χ1) is 7.20. The highest BCUT2D eigenvalue weighted by Crippen LogP contribution is 2.20. The lowest BCUT2D eigenvalue weighted by molar-refractivity contribution is -0.136. The highest BCUT2D eigenvalue weighted by atomic mass is 79.9. The number of carbonyl (C=O) groups is 1. The molecule has 1 aromatic carbocycles. The van der Waals surface area contributed by atoms with Gasteiger partial charge in [-0.25, -0.2) is 4.98 Å². The second kappa shape index (κ2) is 4.02. The second-order valence-corrected chi connectivity index (χ2v) is 3.82. The first-order valence-electron chi connectivity index (χ1n) is 4.43. The van der Waals surface area contributed by atoms with Crippen LogP contribution in [0.25, 0.3) is 11.0 Å². The number of rotatable bonds is 3. The molecule has 1 aromatic heterocycles. The molecule has 0 fully saturated rings. The summed E-state index contributed by atoms with van der Waals surface area (Å²) in [7, 11) is 0. The number of hydrogen-bond donors (Lipinski definition) is 2. The Balaban J connectivity index is 2.53. The summed E-state index contributed by atoms with van der Waals surface area (Å²) in [5.41, 5.74) is 3.56. The highest BCUT2D eigenvalue weighted by Gasteiger charge is 2.07. The minimum Gasteiger partial charge on any atom is -0.481 e. The maximum atomic E-state index is 10.6. The lowest BCUT2D eigenvalue weighted by Crippen LogP contribution is -2.00. The number of carboxylic acids is 1. The van der Waals surface area contributed by atoms with Crippen molar-refractivity contribution in [3.05, 3.63) is 29.6 Å². The predicted molar refractivity (Wildman–Crippen MR) is 60.1 cm³/mol. The van der Waals surface area contributed by atoms with E-state index >= 15 is 0 Å². The van der Waals surface area contributed by atoms with Crippen molar-refractivity contribution in [3.8, 4) is 0 Å². The maximum absolute atomic E-state index is 10.6. The molecule has 0 bridgehead atoms. The molecule has 2 rings (SSSR count). The molecule has 0 aliphatic carbocycles. The topological polar surface area (TPSA) is 66.0 Å². The van der Waals surface area contributed by atoms with Crippen molar-refractivity contribution in [2.75, 3.05) is 0 Å². The van der Waals surface area contributed by atoms with Crippen LogP contribution in [0.5, 0.6) is 0 Å². The van der Waals surface area contributed by atoms with Crippen LogP contribution in [0.3, 0.4) is 0 Å². The van der Waals surface area contributed by atoms with Gasteiger partial charge in [0.05, 0.1) is 23.8 Å². The lowest BCUT2D eigenvalue weighted by atomic mass is 10.1. The summed E-state index contributed by atoms with van der Waals surface area (Å²) in [6.45, 7) is 0. The largest absolute Gasteiger partial charge is 0.481 e. The highest BCUT2D eigenvalue weighted by molar-refractivity contribution is 9.08. The molecule has 0 saturated carbocycles. The van der Waals surface area contributed by atoms with Crippen LogP contribution in [0.1, 0.15) is 11.1 Å². The van der Waals surface area contributed by atoms with E-state index in [1.165, 1.54) is 0 Å². The third kappa shape index (κ3) is 2.02. The molecule has 0 aliphatic rings. The Morgan fingerprint density at radius 2 is 2.33 bits per heavy atom. The summed E-state index contributed by atoms with van der Waals surface area (Å²) in [5, 5.41) is 9.38. The summed E-state index contributed by atoms with van der Waals surface area (Å²) < 4.78 is 0. The summed E-state index contributed by atoms with van der Waals surface area (Å²) in [6, 6.07) is 3.69. The van der Waals surface area contributed by atoms with Gasteiger partial charge >= 0.3 is 5.97 Å². The van der Waals surface area contributed by atoms with Crippen LogP contribution in [0.4, 0.5) is 0 Å². The number of alkyl halides is 1. The van der Waals surface area contributed by atoms with E-state index in [4.69, 9.17) is 5.11 Å². The quantitative estimate of drug-likeness (QED) is 0.838. The third-order valence-electron chi connectivity index (χ3n) is 2.16. The van der Waals surface area contributed by atoms with Gasteiger partial charge in [-0.2, -0.15) is 0 Å². The molecule has 2 N–H and O–H groups in total. The fraction of sp³-hybridized carbons (Fsp3) is 0.200. The zero-order valence-electron chi connectivity index (χ0n) is 7.83. The van der Waals surface area contributed by atoms with Crippen molar-refractivity contribution in [1.82, 2.24) is 9.97 Å². The number of hydrogen-bond acceptors (Lipinski definition) is 2. The van der Waals surface area contributed by atoms with Gasteiger partial charge in [-0.05, 0) is 17.2 Å². The van der Waals surface area contributed by atoms with Crippen LogP contribution in [-0.2, 0) is 16.5 Å². The van der Waals surface area contributed by atoms with Crippen LogP contribution in [0, 0.1) is 0 Å². The molecule has 0 radical (unpaired) electrons. The van der Waals surface area contributed by atoms with Crippen LogP contribution in [0.2, 0.25) is 0 Å². The Labute approximate surface area is 94.5 Å². The SMILES string of the molecule is O=C(O)Cc1cc(CBr)c2nc[nH]c2c1. The molecule has 0 spiro atoms. The average molecular weight is 269 g/mol. The third-order valence-corrected chi connectivity index (χ3v) is 2.77. The number of nitrogens with one attached hydrogen (secondary N) is 1. The van der Waals surface area contributed by atoms with E-state index in [1.54, 1.807) is 6.33 Å². The average Bonchev–Trinajstić information content (AvgIpc) is 2.63. The van der Waals surface area contributed by atoms with E-state index in [2.05, 4.69) is 25.9 Å². The predicted octanol–water partition coefficient (Wildman–Crippen LogP) is 2.08. The first-order valence-corrected chi connectivity index (χ1v) is 5.55. The summed E-state index contributed by atoms with van der Waals surface area (Å²) >= 11 is 3.36. The van der Waals surface area contributed by atoms with Gasteiger partial charge in [-0.15, -0.1) is 0 Å². The van der Waals surface area contributed by atoms with Crippen LogP contribution >= 0.6 is 15.9 Å². The van der Waals surface area contributed by atoms with Gasteiger partial charge in [-0.3, -0.25) is 4.79 Å². The molecule has 4 nitrogen and oxygen atoms in total. The van der Waals surface area contributed by atoms with Gasteiger partial charge in [0.15, 0.2) is 0 Å². The zero-order chi connectivity index (χ0) is 10.8. The van der Waals surface area contributed by atoms with E-state index in [0.717, 1.165) is 22.2 Å². The number of benzene rings is 1. The first kappa shape index (κ1) is 10.2. The van der Waals surface area contributed by atoms with Gasteiger partial charge in [0.25, 0.3) is 0 Å². The molecule has 0 atom stereocenters. The van der Waals surface area contributed by atoms with E-state index in [0.29, 0.717) is 5.33 Å². The van der Waals surface area contributed by atoms with Crippen molar-refractivity contribution in [1.29, 1.82) is 0 Å². The van der Waals surface area contributed by atoms with Crippen molar-refractivity contribution < 1.29 is 9.90 Å². The molecule has 2 aromatic rings. The Kier molecular flexibility index (Phi) is 2.73. The van der Waals surface area contributed by atoms with Crippen LogP contribution < -0.4 is 0 Å². The van der Waals surface area contributed by atoms with Crippen LogP contribution in [-0.4, -0.2) is 21.0 Å². The Morgan fingerprint density at radius 1 is 1.53 bits per heavy atom. The number of H-pyrrole nitrogens is 1. The number of aromatic amines is 1. The summed E-state index contributed by atoms with van der Waals surface area (Å²) in [5.74, 6) is -0.825.